The van der Waals surface area contributed by atoms with Crippen molar-refractivity contribution in [3.63, 3.8) is 0 Å². The Labute approximate surface area is 163 Å². The van der Waals surface area contributed by atoms with Crippen molar-refractivity contribution in [3.05, 3.63) is 65.5 Å². The number of hydrogen-bond acceptors (Lipinski definition) is 5. The van der Waals surface area contributed by atoms with Crippen LogP contribution in [-0.4, -0.2) is 32.4 Å². The van der Waals surface area contributed by atoms with E-state index in [1.807, 2.05) is 26.0 Å². The first kappa shape index (κ1) is 18.9. The second-order valence-corrected chi connectivity index (χ2v) is 6.64. The standard InChI is InChI=1S/C14H14N4O.C6H6ClN/c1-10-7-15-5-4-11(10)12-8-17-13(9-16-12)18-6-2-3-14(18)19;1-5-2-3-6(7)8-4-5/h4-5,7-9H,2-3,6H2,1H3;2-4H,1H3. The Hall–Kier alpha value is -2.86. The monoisotopic (exact) mass is 381 g/mol. The molecule has 7 heteroatoms. The minimum atomic E-state index is 0.127. The van der Waals surface area contributed by atoms with Crippen LogP contribution in [-0.2, 0) is 4.79 Å². The molecule has 4 heterocycles. The molecule has 0 aliphatic carbocycles. The van der Waals surface area contributed by atoms with Crippen LogP contribution in [0.4, 0.5) is 5.82 Å². The molecule has 4 rings (SSSR count). The van der Waals surface area contributed by atoms with Crippen molar-refractivity contribution in [1.82, 2.24) is 19.9 Å². The maximum absolute atomic E-state index is 11.6. The zero-order chi connectivity index (χ0) is 19.2. The second-order valence-electron chi connectivity index (χ2n) is 6.26. The molecule has 1 saturated heterocycles. The number of nitrogens with zero attached hydrogens (tertiary/aromatic N) is 5. The van der Waals surface area contributed by atoms with E-state index in [1.54, 1.807) is 42.0 Å². The fourth-order valence-electron chi connectivity index (χ4n) is 2.70. The van der Waals surface area contributed by atoms with Crippen LogP contribution < -0.4 is 4.90 Å². The third kappa shape index (κ3) is 4.86. The summed E-state index contributed by atoms with van der Waals surface area (Å²) < 4.78 is 0. The number of amides is 1. The van der Waals surface area contributed by atoms with Gasteiger partial charge in [-0.1, -0.05) is 17.7 Å². The highest BCUT2D eigenvalue weighted by Crippen LogP contribution is 2.22. The number of carbonyl (C=O) groups is 1. The molecule has 1 fully saturated rings. The van der Waals surface area contributed by atoms with Crippen LogP contribution in [0.3, 0.4) is 0 Å². The number of anilines is 1. The van der Waals surface area contributed by atoms with E-state index in [-0.39, 0.29) is 5.91 Å². The first-order valence-corrected chi connectivity index (χ1v) is 9.04. The molecule has 3 aromatic rings. The summed E-state index contributed by atoms with van der Waals surface area (Å²) in [5, 5.41) is 0.551. The number of carbonyl (C=O) groups excluding carboxylic acids is 1. The van der Waals surface area contributed by atoms with E-state index in [2.05, 4.69) is 19.9 Å². The van der Waals surface area contributed by atoms with Crippen molar-refractivity contribution in [2.24, 2.45) is 0 Å². The molecule has 0 spiro atoms. The van der Waals surface area contributed by atoms with Gasteiger partial charge < -0.3 is 0 Å². The van der Waals surface area contributed by atoms with Gasteiger partial charge in [-0.15, -0.1) is 0 Å². The Kier molecular flexibility index (Phi) is 6.08. The first-order valence-electron chi connectivity index (χ1n) is 8.66. The number of pyridine rings is 2. The molecule has 27 heavy (non-hydrogen) atoms. The topological polar surface area (TPSA) is 71.9 Å². The van der Waals surface area contributed by atoms with Crippen molar-refractivity contribution in [2.75, 3.05) is 11.4 Å². The van der Waals surface area contributed by atoms with Gasteiger partial charge in [0.25, 0.3) is 0 Å². The van der Waals surface area contributed by atoms with Crippen molar-refractivity contribution in [3.8, 4) is 11.3 Å². The van der Waals surface area contributed by atoms with Gasteiger partial charge in [0.1, 0.15) is 5.15 Å². The number of aryl methyl sites for hydroxylation is 2. The quantitative estimate of drug-likeness (QED) is 0.627. The van der Waals surface area contributed by atoms with E-state index in [0.29, 0.717) is 17.4 Å². The van der Waals surface area contributed by atoms with Crippen molar-refractivity contribution >= 4 is 23.3 Å². The second kappa shape index (κ2) is 8.68. The van der Waals surface area contributed by atoms with Crippen LogP contribution in [0.1, 0.15) is 24.0 Å². The fraction of sp³-hybridized carbons (Fsp3) is 0.250. The molecule has 1 aliphatic rings. The van der Waals surface area contributed by atoms with E-state index in [4.69, 9.17) is 11.6 Å². The molecule has 0 radical (unpaired) electrons. The summed E-state index contributed by atoms with van der Waals surface area (Å²) in [6.07, 6.45) is 10.2. The molecule has 0 N–H and O–H groups in total. The molecule has 138 valence electrons. The Morgan fingerprint density at radius 1 is 1.00 bits per heavy atom. The first-order chi connectivity index (χ1) is 13.0. The molecule has 0 saturated carbocycles. The normalized spacial score (nSPS) is 13.3. The molecule has 6 nitrogen and oxygen atoms in total. The summed E-state index contributed by atoms with van der Waals surface area (Å²) in [6, 6.07) is 5.62. The highest BCUT2D eigenvalue weighted by Gasteiger charge is 2.22. The fourth-order valence-corrected chi connectivity index (χ4v) is 2.81. The summed E-state index contributed by atoms with van der Waals surface area (Å²) in [6.45, 7) is 4.70. The lowest BCUT2D eigenvalue weighted by Gasteiger charge is -2.14. The molecule has 1 aliphatic heterocycles. The SMILES string of the molecule is Cc1ccc(Cl)nc1.Cc1cnccc1-c1cnc(N2CCCC2=O)cn1. The summed E-state index contributed by atoms with van der Waals surface area (Å²) in [5.74, 6) is 0.764. The Morgan fingerprint density at radius 2 is 1.85 bits per heavy atom. The van der Waals surface area contributed by atoms with E-state index in [9.17, 15) is 4.79 Å². The van der Waals surface area contributed by atoms with Gasteiger partial charge in [0.2, 0.25) is 5.91 Å². The predicted octanol–water partition coefficient (Wildman–Crippen LogP) is 4.02. The lowest BCUT2D eigenvalue weighted by Crippen LogP contribution is -2.24. The van der Waals surface area contributed by atoms with E-state index in [1.165, 1.54) is 0 Å². The smallest absolute Gasteiger partial charge is 0.228 e. The predicted molar refractivity (Wildman–Crippen MR) is 106 cm³/mol. The van der Waals surface area contributed by atoms with Crippen molar-refractivity contribution in [1.29, 1.82) is 0 Å². The molecule has 0 atom stereocenters. The Balaban J connectivity index is 0.000000221. The zero-order valence-electron chi connectivity index (χ0n) is 15.3. The van der Waals surface area contributed by atoms with Gasteiger partial charge >= 0.3 is 0 Å². The van der Waals surface area contributed by atoms with Gasteiger partial charge in [0.15, 0.2) is 5.82 Å². The van der Waals surface area contributed by atoms with Crippen LogP contribution in [0, 0.1) is 13.8 Å². The van der Waals surface area contributed by atoms with Crippen molar-refractivity contribution < 1.29 is 4.79 Å². The van der Waals surface area contributed by atoms with E-state index >= 15 is 0 Å². The Bertz CT molecular complexity index is 891. The maximum atomic E-state index is 11.6. The van der Waals surface area contributed by atoms with Crippen LogP contribution in [0.15, 0.2) is 49.2 Å². The number of halogens is 1. The third-order valence-corrected chi connectivity index (χ3v) is 4.38. The van der Waals surface area contributed by atoms with Gasteiger partial charge in [0.05, 0.1) is 18.1 Å². The molecular formula is C20H20ClN5O. The van der Waals surface area contributed by atoms with E-state index in [0.717, 1.165) is 35.3 Å². The van der Waals surface area contributed by atoms with Gasteiger partial charge in [-0.3, -0.25) is 19.7 Å². The number of hydrogen-bond donors (Lipinski definition) is 0. The van der Waals surface area contributed by atoms with E-state index < -0.39 is 0 Å². The molecule has 0 aromatic carbocycles. The van der Waals surface area contributed by atoms with Crippen LogP contribution in [0.5, 0.6) is 0 Å². The van der Waals surface area contributed by atoms with Gasteiger partial charge in [-0.05, 0) is 43.5 Å². The molecule has 0 unspecified atom stereocenters. The lowest BCUT2D eigenvalue weighted by atomic mass is 10.1. The molecule has 1 amide bonds. The Morgan fingerprint density at radius 3 is 2.41 bits per heavy atom. The minimum Gasteiger partial charge on any atom is -0.296 e. The van der Waals surface area contributed by atoms with Crippen LogP contribution >= 0.6 is 11.6 Å². The number of rotatable bonds is 2. The maximum Gasteiger partial charge on any atom is 0.228 e. The molecule has 0 bridgehead atoms. The van der Waals surface area contributed by atoms with Crippen LogP contribution in [0.25, 0.3) is 11.3 Å². The summed E-state index contributed by atoms with van der Waals surface area (Å²) in [5.41, 5.74) is 4.01. The third-order valence-electron chi connectivity index (χ3n) is 4.16. The van der Waals surface area contributed by atoms with Crippen molar-refractivity contribution in [2.45, 2.75) is 26.7 Å². The largest absolute Gasteiger partial charge is 0.296 e. The van der Waals surface area contributed by atoms with Gasteiger partial charge in [0, 0.05) is 37.1 Å². The highest BCUT2D eigenvalue weighted by molar-refractivity contribution is 6.29. The van der Waals surface area contributed by atoms with Gasteiger partial charge in [-0.2, -0.15) is 0 Å². The summed E-state index contributed by atoms with van der Waals surface area (Å²) in [4.78, 5) is 30.0. The average molecular weight is 382 g/mol. The summed E-state index contributed by atoms with van der Waals surface area (Å²) in [7, 11) is 0. The van der Waals surface area contributed by atoms with Crippen LogP contribution in [0.2, 0.25) is 5.15 Å². The molecule has 3 aromatic heterocycles. The molecular weight excluding hydrogens is 362 g/mol. The highest BCUT2D eigenvalue weighted by atomic mass is 35.5. The summed E-state index contributed by atoms with van der Waals surface area (Å²) >= 11 is 5.50. The zero-order valence-corrected chi connectivity index (χ0v) is 16.0. The number of aromatic nitrogens is 4. The lowest BCUT2D eigenvalue weighted by molar-refractivity contribution is -0.117. The average Bonchev–Trinajstić information content (AvgIpc) is 3.11. The van der Waals surface area contributed by atoms with Gasteiger partial charge in [-0.25, -0.2) is 9.97 Å². The minimum absolute atomic E-state index is 0.127.